The fourth-order valence-electron chi connectivity index (χ4n) is 2.55. The first kappa shape index (κ1) is 17.1. The third kappa shape index (κ3) is 2.94. The van der Waals surface area contributed by atoms with Gasteiger partial charge in [-0.05, 0) is 26.4 Å². The lowest BCUT2D eigenvalue weighted by molar-refractivity contribution is 0.0776. The maximum Gasteiger partial charge on any atom is 0.257 e. The van der Waals surface area contributed by atoms with Crippen LogP contribution in [0.25, 0.3) is 0 Å². The maximum atomic E-state index is 13.7. The molecule has 122 valence electrons. The van der Waals surface area contributed by atoms with Crippen molar-refractivity contribution in [3.05, 3.63) is 34.9 Å². The van der Waals surface area contributed by atoms with E-state index >= 15 is 0 Å². The molecule has 0 aliphatic carbocycles. The van der Waals surface area contributed by atoms with E-state index in [2.05, 4.69) is 0 Å². The van der Waals surface area contributed by atoms with Crippen molar-refractivity contribution in [1.82, 2.24) is 9.80 Å². The fraction of sp³-hybridized carbons (Fsp3) is 0.500. The first-order valence-corrected chi connectivity index (χ1v) is 7.88. The van der Waals surface area contributed by atoms with Gasteiger partial charge in [0.15, 0.2) is 23.3 Å². The van der Waals surface area contributed by atoms with E-state index < -0.39 is 34.7 Å². The minimum absolute atomic E-state index is 0.0529. The van der Waals surface area contributed by atoms with E-state index in [0.717, 1.165) is 0 Å². The zero-order valence-corrected chi connectivity index (χ0v) is 13.2. The number of rotatable bonds is 3. The van der Waals surface area contributed by atoms with Gasteiger partial charge >= 0.3 is 0 Å². The monoisotopic (exact) mass is 336 g/mol. The summed E-state index contributed by atoms with van der Waals surface area (Å²) in [5, 5.41) is 0.108. The van der Waals surface area contributed by atoms with Crippen LogP contribution >= 0.6 is 11.8 Å². The number of benzene rings is 1. The highest BCUT2D eigenvalue weighted by molar-refractivity contribution is 7.99. The Hall–Kier alpha value is -1.28. The molecule has 1 aromatic rings. The molecular formula is C14H16F4N2OS. The molecule has 1 heterocycles. The van der Waals surface area contributed by atoms with Crippen LogP contribution in [0.4, 0.5) is 17.6 Å². The van der Waals surface area contributed by atoms with Crippen LogP contribution in [0, 0.1) is 23.3 Å². The van der Waals surface area contributed by atoms with Gasteiger partial charge in [0.2, 0.25) is 0 Å². The van der Waals surface area contributed by atoms with Gasteiger partial charge < -0.3 is 9.80 Å². The lowest BCUT2D eigenvalue weighted by Crippen LogP contribution is -2.37. The molecule has 1 aliphatic heterocycles. The van der Waals surface area contributed by atoms with E-state index in [0.29, 0.717) is 19.2 Å². The second-order valence-electron chi connectivity index (χ2n) is 5.36. The molecule has 0 unspecified atom stereocenters. The highest BCUT2D eigenvalue weighted by Crippen LogP contribution is 2.27. The summed E-state index contributed by atoms with van der Waals surface area (Å²) in [6.07, 6.45) is 1.90. The fourth-order valence-corrected chi connectivity index (χ4v) is 3.52. The molecule has 1 amide bonds. The number of carbonyl (C=O) groups excluding carboxylic acids is 1. The molecule has 0 radical (unpaired) electrons. The average molecular weight is 336 g/mol. The highest BCUT2D eigenvalue weighted by atomic mass is 32.2. The lowest BCUT2D eigenvalue weighted by Gasteiger charge is -2.23. The van der Waals surface area contributed by atoms with Crippen LogP contribution in [-0.4, -0.2) is 60.4 Å². The number of hydrogen-bond donors (Lipinski definition) is 0. The number of likely N-dealkylation sites (tertiary alicyclic amines) is 1. The highest BCUT2D eigenvalue weighted by Gasteiger charge is 2.37. The number of carbonyl (C=O) groups is 1. The quantitative estimate of drug-likeness (QED) is 0.481. The average Bonchev–Trinajstić information content (AvgIpc) is 2.92. The van der Waals surface area contributed by atoms with E-state index in [-0.39, 0.29) is 11.3 Å². The van der Waals surface area contributed by atoms with E-state index in [1.165, 1.54) is 4.90 Å². The normalized spacial score (nSPS) is 21.7. The van der Waals surface area contributed by atoms with E-state index in [9.17, 15) is 22.4 Å². The van der Waals surface area contributed by atoms with Crippen molar-refractivity contribution in [1.29, 1.82) is 0 Å². The Morgan fingerprint density at radius 1 is 1.18 bits per heavy atom. The van der Waals surface area contributed by atoms with Gasteiger partial charge in [-0.3, -0.25) is 4.79 Å². The molecule has 1 aromatic carbocycles. The van der Waals surface area contributed by atoms with Crippen LogP contribution in [0.1, 0.15) is 10.4 Å². The Morgan fingerprint density at radius 2 is 1.82 bits per heavy atom. The van der Waals surface area contributed by atoms with Crippen LogP contribution < -0.4 is 0 Å². The largest absolute Gasteiger partial charge is 0.336 e. The summed E-state index contributed by atoms with van der Waals surface area (Å²) in [5.74, 6) is -7.94. The third-order valence-electron chi connectivity index (χ3n) is 3.82. The molecule has 3 nitrogen and oxygen atoms in total. The molecular weight excluding hydrogens is 320 g/mol. The van der Waals surface area contributed by atoms with Gasteiger partial charge in [-0.1, -0.05) is 0 Å². The predicted molar refractivity (Wildman–Crippen MR) is 77.0 cm³/mol. The predicted octanol–water partition coefficient (Wildman–Crippen LogP) is 2.36. The zero-order chi connectivity index (χ0) is 16.6. The molecule has 2 atom stereocenters. The van der Waals surface area contributed by atoms with Crippen molar-refractivity contribution in [3.63, 3.8) is 0 Å². The van der Waals surface area contributed by atoms with E-state index in [4.69, 9.17) is 0 Å². The molecule has 0 spiro atoms. The molecule has 0 N–H and O–H groups in total. The van der Waals surface area contributed by atoms with Crippen molar-refractivity contribution in [2.24, 2.45) is 0 Å². The summed E-state index contributed by atoms with van der Waals surface area (Å²) < 4.78 is 53.2. The Morgan fingerprint density at radius 3 is 2.32 bits per heavy atom. The first-order chi connectivity index (χ1) is 10.3. The molecule has 8 heteroatoms. The van der Waals surface area contributed by atoms with Crippen molar-refractivity contribution in [2.75, 3.05) is 33.4 Å². The van der Waals surface area contributed by atoms with Crippen LogP contribution in [0.5, 0.6) is 0 Å². The summed E-state index contributed by atoms with van der Waals surface area (Å²) >= 11 is 1.56. The Labute approximate surface area is 130 Å². The van der Waals surface area contributed by atoms with Crippen LogP contribution in [0.15, 0.2) is 6.07 Å². The van der Waals surface area contributed by atoms with Gasteiger partial charge in [0.1, 0.15) is 0 Å². The molecule has 2 rings (SSSR count). The SMILES string of the molecule is CS[C@@H]1CN(C(=O)c2cc(F)c(F)c(F)c2F)C[C@@H]1N(C)C. The van der Waals surface area contributed by atoms with Crippen LogP contribution in [0.3, 0.4) is 0 Å². The summed E-state index contributed by atoms with van der Waals surface area (Å²) in [6.45, 7) is 0.653. The third-order valence-corrected chi connectivity index (χ3v) is 4.89. The van der Waals surface area contributed by atoms with E-state index in [1.807, 2.05) is 25.3 Å². The standard InChI is InChI=1S/C14H16F4N2OS/c1-19(2)9-5-20(6-10(9)22-3)14(21)7-4-8(15)12(17)13(18)11(7)16/h4,9-10H,5-6H2,1-3H3/t9-,10+/m0/s1. The summed E-state index contributed by atoms with van der Waals surface area (Å²) in [7, 11) is 3.72. The number of thioether (sulfide) groups is 1. The van der Waals surface area contributed by atoms with E-state index in [1.54, 1.807) is 11.8 Å². The zero-order valence-electron chi connectivity index (χ0n) is 12.4. The van der Waals surface area contributed by atoms with Crippen LogP contribution in [-0.2, 0) is 0 Å². The lowest BCUT2D eigenvalue weighted by atomic mass is 10.1. The number of halogens is 4. The minimum Gasteiger partial charge on any atom is -0.336 e. The van der Waals surface area contributed by atoms with Gasteiger partial charge in [-0.25, -0.2) is 17.6 Å². The number of nitrogens with zero attached hydrogens (tertiary/aromatic N) is 2. The van der Waals surface area contributed by atoms with Gasteiger partial charge in [0.05, 0.1) is 5.56 Å². The smallest absolute Gasteiger partial charge is 0.257 e. The molecule has 1 aliphatic rings. The second kappa shape index (κ2) is 6.45. The van der Waals surface area contributed by atoms with Crippen LogP contribution in [0.2, 0.25) is 0 Å². The minimum atomic E-state index is -1.96. The molecule has 22 heavy (non-hydrogen) atoms. The Bertz CT molecular complexity index is 597. The molecule has 0 saturated carbocycles. The summed E-state index contributed by atoms with van der Waals surface area (Å²) in [6, 6.07) is 0.463. The molecule has 0 bridgehead atoms. The van der Waals surface area contributed by atoms with Gasteiger partial charge in [0, 0.05) is 24.4 Å². The number of amides is 1. The second-order valence-corrected chi connectivity index (χ2v) is 6.44. The molecule has 1 fully saturated rings. The number of likely N-dealkylation sites (N-methyl/N-ethyl adjacent to an activating group) is 1. The topological polar surface area (TPSA) is 23.6 Å². The van der Waals surface area contributed by atoms with Crippen molar-refractivity contribution in [3.8, 4) is 0 Å². The van der Waals surface area contributed by atoms with Crippen molar-refractivity contribution >= 4 is 17.7 Å². The van der Waals surface area contributed by atoms with Gasteiger partial charge in [0.25, 0.3) is 5.91 Å². The van der Waals surface area contributed by atoms with Gasteiger partial charge in [-0.2, -0.15) is 11.8 Å². The van der Waals surface area contributed by atoms with Crippen molar-refractivity contribution in [2.45, 2.75) is 11.3 Å². The van der Waals surface area contributed by atoms with Gasteiger partial charge in [-0.15, -0.1) is 0 Å². The molecule has 1 saturated heterocycles. The molecule has 0 aromatic heterocycles. The first-order valence-electron chi connectivity index (χ1n) is 6.59. The summed E-state index contributed by atoms with van der Waals surface area (Å²) in [4.78, 5) is 15.6. The summed E-state index contributed by atoms with van der Waals surface area (Å²) in [5.41, 5.74) is -0.782. The Kier molecular flexibility index (Phi) is 5.01. The Balaban J connectivity index is 2.30. The number of hydrogen-bond acceptors (Lipinski definition) is 3. The van der Waals surface area contributed by atoms with Crippen molar-refractivity contribution < 1.29 is 22.4 Å². The maximum absolute atomic E-state index is 13.7.